The third-order valence-electron chi connectivity index (χ3n) is 4.22. The van der Waals surface area contributed by atoms with Crippen LogP contribution in [-0.4, -0.2) is 35.2 Å². The van der Waals surface area contributed by atoms with E-state index in [0.717, 1.165) is 16.8 Å². The Morgan fingerprint density at radius 3 is 2.50 bits per heavy atom. The number of benzene rings is 2. The van der Waals surface area contributed by atoms with Gasteiger partial charge in [0, 0.05) is 5.69 Å². The molecule has 4 aromatic rings. The van der Waals surface area contributed by atoms with Gasteiger partial charge in [-0.25, -0.2) is 4.39 Å². The summed E-state index contributed by atoms with van der Waals surface area (Å²) in [5.74, 6) is 0.886. The van der Waals surface area contributed by atoms with Crippen molar-refractivity contribution < 1.29 is 4.39 Å². The molecule has 2 aromatic heterocycles. The summed E-state index contributed by atoms with van der Waals surface area (Å²) in [4.78, 5) is 12.6. The zero-order valence-electron chi connectivity index (χ0n) is 16.2. The lowest BCUT2D eigenvalue weighted by molar-refractivity contribution is 0.628. The number of anilines is 3. The molecule has 0 saturated heterocycles. The molecule has 4 rings (SSSR count). The van der Waals surface area contributed by atoms with Crippen LogP contribution in [0.2, 0.25) is 0 Å². The van der Waals surface area contributed by atoms with Crippen LogP contribution in [0.4, 0.5) is 22.0 Å². The van der Waals surface area contributed by atoms with Gasteiger partial charge >= 0.3 is 0 Å². The molecule has 0 radical (unpaired) electrons. The summed E-state index contributed by atoms with van der Waals surface area (Å²) in [5, 5.41) is 15.7. The number of nitrogens with zero attached hydrogens (tertiary/aromatic N) is 7. The van der Waals surface area contributed by atoms with Gasteiger partial charge < -0.3 is 11.1 Å². The quantitative estimate of drug-likeness (QED) is 0.450. The standard InChI is InChI=1S/C19H18FN9S/c1-11-4-3-5-12(2)16(11)29-19(26-27-28-29)30-10-15-23-17(21)25-18(24-15)22-14-8-6-13(20)7-9-14/h3-9H,10H2,1-2H3,(H3,21,22,23,24,25). The molecule has 0 aliphatic heterocycles. The summed E-state index contributed by atoms with van der Waals surface area (Å²) in [5.41, 5.74) is 9.55. The first-order valence-electron chi connectivity index (χ1n) is 9.00. The van der Waals surface area contributed by atoms with Crippen molar-refractivity contribution in [2.75, 3.05) is 11.1 Å². The van der Waals surface area contributed by atoms with Crippen molar-refractivity contribution in [3.63, 3.8) is 0 Å². The summed E-state index contributed by atoms with van der Waals surface area (Å²) in [6, 6.07) is 11.9. The molecule has 0 spiro atoms. The van der Waals surface area contributed by atoms with Crippen molar-refractivity contribution in [3.05, 3.63) is 65.2 Å². The van der Waals surface area contributed by atoms with Gasteiger partial charge in [0.05, 0.1) is 11.4 Å². The minimum Gasteiger partial charge on any atom is -0.368 e. The molecular weight excluding hydrogens is 405 g/mol. The van der Waals surface area contributed by atoms with E-state index in [-0.39, 0.29) is 17.7 Å². The molecule has 0 aliphatic carbocycles. The van der Waals surface area contributed by atoms with Crippen LogP contribution in [0.5, 0.6) is 0 Å². The average Bonchev–Trinajstić information content (AvgIpc) is 3.16. The summed E-state index contributed by atoms with van der Waals surface area (Å²) in [6.07, 6.45) is 0. The van der Waals surface area contributed by atoms with Crippen LogP contribution in [0.25, 0.3) is 5.69 Å². The number of nitrogen functional groups attached to an aromatic ring is 1. The van der Waals surface area contributed by atoms with E-state index in [1.807, 2.05) is 32.0 Å². The molecule has 152 valence electrons. The Balaban J connectivity index is 1.53. The Morgan fingerprint density at radius 2 is 1.77 bits per heavy atom. The highest BCUT2D eigenvalue weighted by molar-refractivity contribution is 7.98. The number of rotatable bonds is 6. The molecule has 3 N–H and O–H groups in total. The lowest BCUT2D eigenvalue weighted by Gasteiger charge is -2.10. The van der Waals surface area contributed by atoms with Crippen molar-refractivity contribution in [1.82, 2.24) is 35.2 Å². The summed E-state index contributed by atoms with van der Waals surface area (Å²) < 4.78 is 14.8. The van der Waals surface area contributed by atoms with E-state index in [0.29, 0.717) is 22.4 Å². The molecule has 0 unspecified atom stereocenters. The first kappa shape index (κ1) is 19.7. The number of thioether (sulfide) groups is 1. The van der Waals surface area contributed by atoms with Gasteiger partial charge in [-0.3, -0.25) is 0 Å². The molecule has 2 heterocycles. The highest BCUT2D eigenvalue weighted by atomic mass is 32.2. The summed E-state index contributed by atoms with van der Waals surface area (Å²) >= 11 is 1.39. The second-order valence-corrected chi connectivity index (χ2v) is 7.41. The van der Waals surface area contributed by atoms with Gasteiger partial charge in [0.25, 0.3) is 0 Å². The summed E-state index contributed by atoms with van der Waals surface area (Å²) in [7, 11) is 0. The zero-order chi connectivity index (χ0) is 21.1. The fraction of sp³-hybridized carbons (Fsp3) is 0.158. The van der Waals surface area contributed by atoms with E-state index in [4.69, 9.17) is 5.73 Å². The Morgan fingerprint density at radius 1 is 1.03 bits per heavy atom. The molecule has 11 heteroatoms. The van der Waals surface area contributed by atoms with Gasteiger partial charge in [-0.15, -0.1) is 5.10 Å². The van der Waals surface area contributed by atoms with E-state index in [2.05, 4.69) is 35.8 Å². The third kappa shape index (κ3) is 4.35. The number of para-hydroxylation sites is 1. The van der Waals surface area contributed by atoms with Gasteiger partial charge in [-0.2, -0.15) is 19.6 Å². The normalized spacial score (nSPS) is 10.9. The molecular formula is C19H18FN9S. The van der Waals surface area contributed by atoms with E-state index >= 15 is 0 Å². The van der Waals surface area contributed by atoms with E-state index in [1.165, 1.54) is 23.9 Å². The Bertz CT molecular complexity index is 1160. The molecule has 0 aliphatic rings. The lowest BCUT2D eigenvalue weighted by atomic mass is 10.1. The van der Waals surface area contributed by atoms with Crippen LogP contribution in [0, 0.1) is 19.7 Å². The Kier molecular flexibility index (Phi) is 5.53. The minimum atomic E-state index is -0.325. The maximum Gasteiger partial charge on any atom is 0.232 e. The second kappa shape index (κ2) is 8.41. The first-order chi connectivity index (χ1) is 14.5. The number of aryl methyl sites for hydroxylation is 2. The SMILES string of the molecule is Cc1cccc(C)c1-n1nnnc1SCc1nc(N)nc(Nc2ccc(F)cc2)n1. The van der Waals surface area contributed by atoms with Crippen molar-refractivity contribution in [2.24, 2.45) is 0 Å². The van der Waals surface area contributed by atoms with Gasteiger partial charge in [-0.05, 0) is 59.7 Å². The average molecular weight is 423 g/mol. The highest BCUT2D eigenvalue weighted by Gasteiger charge is 2.15. The number of hydrogen-bond acceptors (Lipinski definition) is 9. The molecule has 9 nitrogen and oxygen atoms in total. The number of aromatic nitrogens is 7. The monoisotopic (exact) mass is 423 g/mol. The van der Waals surface area contributed by atoms with E-state index in [9.17, 15) is 4.39 Å². The Labute approximate surface area is 176 Å². The van der Waals surface area contributed by atoms with Gasteiger partial charge in [-0.1, -0.05) is 30.0 Å². The fourth-order valence-electron chi connectivity index (χ4n) is 2.90. The predicted octanol–water partition coefficient (Wildman–Crippen LogP) is 3.22. The number of nitrogens with one attached hydrogen (secondary N) is 1. The van der Waals surface area contributed by atoms with E-state index < -0.39 is 0 Å². The van der Waals surface area contributed by atoms with Gasteiger partial charge in [0.2, 0.25) is 17.1 Å². The molecule has 30 heavy (non-hydrogen) atoms. The maximum atomic E-state index is 13.1. The van der Waals surface area contributed by atoms with Crippen molar-refractivity contribution in [1.29, 1.82) is 0 Å². The van der Waals surface area contributed by atoms with Crippen LogP contribution in [-0.2, 0) is 5.75 Å². The van der Waals surface area contributed by atoms with Crippen molar-refractivity contribution in [2.45, 2.75) is 24.8 Å². The fourth-order valence-corrected chi connectivity index (χ4v) is 3.63. The summed E-state index contributed by atoms with van der Waals surface area (Å²) in [6.45, 7) is 4.02. The highest BCUT2D eigenvalue weighted by Crippen LogP contribution is 2.25. The molecule has 2 aromatic carbocycles. The topological polar surface area (TPSA) is 120 Å². The molecule has 0 bridgehead atoms. The zero-order valence-corrected chi connectivity index (χ0v) is 17.1. The number of nitrogens with two attached hydrogens (primary N) is 1. The number of halogens is 1. The van der Waals surface area contributed by atoms with Crippen LogP contribution < -0.4 is 11.1 Å². The van der Waals surface area contributed by atoms with Crippen molar-refractivity contribution in [3.8, 4) is 5.69 Å². The second-order valence-electron chi connectivity index (χ2n) is 6.47. The maximum absolute atomic E-state index is 13.1. The third-order valence-corrected chi connectivity index (χ3v) is 5.14. The first-order valence-corrected chi connectivity index (χ1v) is 9.99. The van der Waals surface area contributed by atoms with Crippen LogP contribution >= 0.6 is 11.8 Å². The van der Waals surface area contributed by atoms with Crippen LogP contribution in [0.1, 0.15) is 17.0 Å². The minimum absolute atomic E-state index is 0.0829. The van der Waals surface area contributed by atoms with Crippen LogP contribution in [0.15, 0.2) is 47.6 Å². The predicted molar refractivity (Wildman–Crippen MR) is 112 cm³/mol. The Hall–Kier alpha value is -3.60. The number of hydrogen-bond donors (Lipinski definition) is 2. The van der Waals surface area contributed by atoms with Gasteiger partial charge in [0.15, 0.2) is 0 Å². The van der Waals surface area contributed by atoms with Crippen molar-refractivity contribution >= 4 is 29.3 Å². The molecule has 0 fully saturated rings. The smallest absolute Gasteiger partial charge is 0.232 e. The van der Waals surface area contributed by atoms with Gasteiger partial charge in [0.1, 0.15) is 11.6 Å². The van der Waals surface area contributed by atoms with Crippen LogP contribution in [0.3, 0.4) is 0 Å². The van der Waals surface area contributed by atoms with E-state index in [1.54, 1.807) is 16.8 Å². The lowest BCUT2D eigenvalue weighted by Crippen LogP contribution is -2.07. The largest absolute Gasteiger partial charge is 0.368 e. The molecule has 0 saturated carbocycles. The number of tetrazole rings is 1. The molecule has 0 amide bonds. The molecule has 0 atom stereocenters.